The molecule has 5 heteroatoms. The molecule has 3 aromatic carbocycles. The molecule has 0 saturated carbocycles. The molecule has 35 heavy (non-hydrogen) atoms. The van der Waals surface area contributed by atoms with E-state index < -0.39 is 17.7 Å². The Bertz CT molecular complexity index is 1430. The van der Waals surface area contributed by atoms with Gasteiger partial charge in [0.15, 0.2) is 6.10 Å². The van der Waals surface area contributed by atoms with Crippen LogP contribution in [0.2, 0.25) is 0 Å². The average Bonchev–Trinajstić information content (AvgIpc) is 2.83. The van der Waals surface area contributed by atoms with Crippen molar-refractivity contribution in [3.8, 4) is 16.9 Å². The molecule has 180 valence electrons. The van der Waals surface area contributed by atoms with Crippen molar-refractivity contribution in [3.05, 3.63) is 71.4 Å². The van der Waals surface area contributed by atoms with Crippen LogP contribution in [-0.4, -0.2) is 28.3 Å². The van der Waals surface area contributed by atoms with Gasteiger partial charge in [0.2, 0.25) is 0 Å². The summed E-state index contributed by atoms with van der Waals surface area (Å²) in [7, 11) is 0. The van der Waals surface area contributed by atoms with Crippen LogP contribution in [0.3, 0.4) is 0 Å². The number of carbonyl (C=O) groups is 1. The maximum Gasteiger partial charge on any atom is 0.337 e. The number of aromatic nitrogens is 1. The predicted molar refractivity (Wildman–Crippen MR) is 139 cm³/mol. The second-order valence-corrected chi connectivity index (χ2v) is 9.95. The second-order valence-electron chi connectivity index (χ2n) is 9.95. The minimum absolute atomic E-state index is 0.584. The summed E-state index contributed by atoms with van der Waals surface area (Å²) in [5.41, 5.74) is 4.77. The Kier molecular flexibility index (Phi) is 5.97. The highest BCUT2D eigenvalue weighted by Gasteiger charge is 2.34. The summed E-state index contributed by atoms with van der Waals surface area (Å²) in [4.78, 5) is 17.5. The molecule has 0 fully saturated rings. The summed E-state index contributed by atoms with van der Waals surface area (Å²) in [5.74, 6) is -0.167. The Labute approximate surface area is 205 Å². The van der Waals surface area contributed by atoms with Gasteiger partial charge in [-0.25, -0.2) is 4.79 Å². The highest BCUT2D eigenvalue weighted by molar-refractivity contribution is 6.08. The topological polar surface area (TPSA) is 68.7 Å². The van der Waals surface area contributed by atoms with E-state index in [1.54, 1.807) is 0 Å². The monoisotopic (exact) mass is 469 g/mol. The van der Waals surface area contributed by atoms with Gasteiger partial charge in [-0.15, -0.1) is 0 Å². The lowest BCUT2D eigenvalue weighted by Crippen LogP contribution is -2.31. The Morgan fingerprint density at radius 2 is 2.00 bits per heavy atom. The normalized spacial score (nSPS) is 14.2. The lowest BCUT2D eigenvalue weighted by atomic mass is 9.85. The van der Waals surface area contributed by atoms with Crippen molar-refractivity contribution in [2.75, 3.05) is 6.61 Å². The van der Waals surface area contributed by atoms with Crippen molar-refractivity contribution in [2.24, 2.45) is 0 Å². The number of hydrogen-bond acceptors (Lipinski definition) is 4. The molecule has 0 aliphatic carbocycles. The van der Waals surface area contributed by atoms with Gasteiger partial charge in [-0.3, -0.25) is 4.98 Å². The Balaban J connectivity index is 1.85. The van der Waals surface area contributed by atoms with Crippen molar-refractivity contribution in [3.63, 3.8) is 0 Å². The maximum atomic E-state index is 12.7. The molecular formula is C30H31NO4. The molecule has 1 N–H and O–H groups in total. The Hall–Kier alpha value is -3.44. The van der Waals surface area contributed by atoms with Crippen LogP contribution in [0.1, 0.15) is 56.4 Å². The van der Waals surface area contributed by atoms with Gasteiger partial charge < -0.3 is 14.6 Å². The van der Waals surface area contributed by atoms with Gasteiger partial charge in [-0.1, -0.05) is 43.7 Å². The van der Waals surface area contributed by atoms with E-state index in [1.165, 1.54) is 5.56 Å². The van der Waals surface area contributed by atoms with E-state index in [4.69, 9.17) is 14.5 Å². The third-order valence-corrected chi connectivity index (χ3v) is 6.91. The number of hydrogen-bond donors (Lipinski definition) is 1. The van der Waals surface area contributed by atoms with Crippen molar-refractivity contribution in [2.45, 2.75) is 58.7 Å². The largest absolute Gasteiger partial charge is 0.493 e. The van der Waals surface area contributed by atoms with Crippen LogP contribution in [0.25, 0.3) is 32.8 Å². The number of carboxylic acids is 1. The first-order valence-electron chi connectivity index (χ1n) is 12.3. The Morgan fingerprint density at radius 3 is 2.77 bits per heavy atom. The highest BCUT2D eigenvalue weighted by atomic mass is 16.5. The van der Waals surface area contributed by atoms with Gasteiger partial charge >= 0.3 is 5.97 Å². The fourth-order valence-corrected chi connectivity index (χ4v) is 5.45. The Morgan fingerprint density at radius 1 is 1.20 bits per heavy atom. The van der Waals surface area contributed by atoms with Crippen LogP contribution in [0.15, 0.2) is 54.7 Å². The number of benzene rings is 3. The molecule has 2 heterocycles. The smallest absolute Gasteiger partial charge is 0.337 e. The molecule has 0 radical (unpaired) electrons. The molecule has 1 aromatic heterocycles. The zero-order valence-corrected chi connectivity index (χ0v) is 20.7. The molecule has 0 spiro atoms. The third kappa shape index (κ3) is 4.14. The third-order valence-electron chi connectivity index (χ3n) is 6.91. The van der Waals surface area contributed by atoms with E-state index in [0.717, 1.165) is 63.4 Å². The summed E-state index contributed by atoms with van der Waals surface area (Å²) >= 11 is 0. The molecule has 0 saturated heterocycles. The van der Waals surface area contributed by atoms with E-state index in [-0.39, 0.29) is 0 Å². The standard InChI is InChI=1S/C30H31NO4/c1-5-14-30(3,4)35-28(29(32)33)24-18(2)17-20-8-6-7-9-21(20)26(24)22-10-11-23-25-19(13-16-34-23)12-15-31-27(22)25/h6-12,15,17,28H,5,13-14,16H2,1-4H3,(H,32,33)/t28-/m0/s1. The summed E-state index contributed by atoms with van der Waals surface area (Å²) in [6.45, 7) is 8.62. The minimum Gasteiger partial charge on any atom is -0.493 e. The fraction of sp³-hybridized carbons (Fsp3) is 0.333. The molecule has 5 nitrogen and oxygen atoms in total. The van der Waals surface area contributed by atoms with E-state index in [1.807, 2.05) is 57.3 Å². The van der Waals surface area contributed by atoms with Crippen LogP contribution in [0.4, 0.5) is 0 Å². The average molecular weight is 470 g/mol. The number of aliphatic carboxylic acids is 1. The van der Waals surface area contributed by atoms with Gasteiger partial charge in [0.1, 0.15) is 5.75 Å². The molecule has 0 bridgehead atoms. The fourth-order valence-electron chi connectivity index (χ4n) is 5.45. The minimum atomic E-state index is -1.11. The summed E-state index contributed by atoms with van der Waals surface area (Å²) < 4.78 is 12.3. The molecule has 1 aliphatic rings. The van der Waals surface area contributed by atoms with Crippen LogP contribution in [0, 0.1) is 6.92 Å². The number of carboxylic acid groups (broad SMARTS) is 1. The first-order valence-corrected chi connectivity index (χ1v) is 12.3. The van der Waals surface area contributed by atoms with Crippen LogP contribution in [0.5, 0.6) is 5.75 Å². The zero-order chi connectivity index (χ0) is 24.7. The number of nitrogens with zero attached hydrogens (tertiary/aromatic N) is 1. The zero-order valence-electron chi connectivity index (χ0n) is 20.7. The quantitative estimate of drug-likeness (QED) is 0.315. The maximum absolute atomic E-state index is 12.7. The van der Waals surface area contributed by atoms with Crippen LogP contribution >= 0.6 is 0 Å². The number of rotatable bonds is 7. The molecule has 4 aromatic rings. The summed E-state index contributed by atoms with van der Waals surface area (Å²) in [5, 5.41) is 13.5. The van der Waals surface area contributed by atoms with E-state index in [2.05, 4.69) is 25.1 Å². The number of pyridine rings is 1. The first kappa shape index (κ1) is 23.3. The van der Waals surface area contributed by atoms with E-state index >= 15 is 0 Å². The van der Waals surface area contributed by atoms with Gasteiger partial charge in [0, 0.05) is 29.1 Å². The molecule has 0 unspecified atom stereocenters. The van der Waals surface area contributed by atoms with Gasteiger partial charge in [0.25, 0.3) is 0 Å². The number of aryl methyl sites for hydroxylation is 1. The van der Waals surface area contributed by atoms with Gasteiger partial charge in [0.05, 0.1) is 17.7 Å². The van der Waals surface area contributed by atoms with E-state index in [0.29, 0.717) is 12.2 Å². The molecule has 1 aliphatic heterocycles. The number of ether oxygens (including phenoxy) is 2. The molecule has 5 rings (SSSR count). The van der Waals surface area contributed by atoms with Crippen LogP contribution in [-0.2, 0) is 16.0 Å². The second kappa shape index (κ2) is 8.97. The van der Waals surface area contributed by atoms with Crippen molar-refractivity contribution >= 4 is 27.6 Å². The summed E-state index contributed by atoms with van der Waals surface area (Å²) in [6, 6.07) is 16.2. The highest BCUT2D eigenvalue weighted by Crippen LogP contribution is 2.45. The predicted octanol–water partition coefficient (Wildman–Crippen LogP) is 7.02. The molecular weight excluding hydrogens is 438 g/mol. The number of fused-ring (bicyclic) bond motifs is 1. The molecule has 1 atom stereocenters. The van der Waals surface area contributed by atoms with E-state index in [9.17, 15) is 9.90 Å². The van der Waals surface area contributed by atoms with Crippen molar-refractivity contribution in [1.82, 2.24) is 4.98 Å². The lowest BCUT2D eigenvalue weighted by Gasteiger charge is -2.31. The first-order chi connectivity index (χ1) is 16.8. The van der Waals surface area contributed by atoms with Gasteiger partial charge in [-0.2, -0.15) is 0 Å². The van der Waals surface area contributed by atoms with Crippen molar-refractivity contribution in [1.29, 1.82) is 0 Å². The lowest BCUT2D eigenvalue weighted by molar-refractivity contribution is -0.163. The van der Waals surface area contributed by atoms with Gasteiger partial charge in [-0.05, 0) is 72.9 Å². The molecule has 0 amide bonds. The van der Waals surface area contributed by atoms with Crippen LogP contribution < -0.4 is 4.74 Å². The van der Waals surface area contributed by atoms with Crippen molar-refractivity contribution < 1.29 is 19.4 Å². The summed E-state index contributed by atoms with van der Waals surface area (Å²) in [6.07, 6.45) is 3.21. The SMILES string of the molecule is CCCC(C)(C)O[C@H](C(=O)O)c1c(C)cc2ccccc2c1-c1ccc2c3c(ccnc13)CCO2.